The number of imidazole rings is 1. The minimum atomic E-state index is -1.02. The minimum absolute atomic E-state index is 0.0144. The molecule has 2 aromatic carbocycles. The van der Waals surface area contributed by atoms with Gasteiger partial charge in [-0.15, -0.1) is 0 Å². The zero-order valence-corrected chi connectivity index (χ0v) is 14.1. The molecule has 1 atom stereocenters. The third-order valence-electron chi connectivity index (χ3n) is 3.99. The van der Waals surface area contributed by atoms with Gasteiger partial charge in [0.1, 0.15) is 10.8 Å². The van der Waals surface area contributed by atoms with Gasteiger partial charge in [-0.05, 0) is 30.7 Å². The van der Waals surface area contributed by atoms with Crippen LogP contribution in [0.25, 0.3) is 22.4 Å². The van der Waals surface area contributed by atoms with Crippen molar-refractivity contribution in [3.05, 3.63) is 57.1 Å². The summed E-state index contributed by atoms with van der Waals surface area (Å²) >= 11 is 6.02. The van der Waals surface area contributed by atoms with Crippen LogP contribution in [0.15, 0.2) is 36.4 Å². The van der Waals surface area contributed by atoms with Crippen LogP contribution in [0.4, 0.5) is 5.69 Å². The molecule has 1 heterocycles. The van der Waals surface area contributed by atoms with Gasteiger partial charge in [0, 0.05) is 0 Å². The first-order chi connectivity index (χ1) is 11.9. The molecule has 0 fully saturated rings. The van der Waals surface area contributed by atoms with Crippen molar-refractivity contribution in [3.63, 3.8) is 0 Å². The number of nitro groups is 1. The van der Waals surface area contributed by atoms with Gasteiger partial charge in [-0.2, -0.15) is 0 Å². The highest BCUT2D eigenvalue weighted by atomic mass is 35.5. The molecule has 25 heavy (non-hydrogen) atoms. The summed E-state index contributed by atoms with van der Waals surface area (Å²) in [4.78, 5) is 15.5. The summed E-state index contributed by atoms with van der Waals surface area (Å²) in [6.07, 6.45) is -1.02. The zero-order valence-electron chi connectivity index (χ0n) is 13.4. The van der Waals surface area contributed by atoms with E-state index in [1.807, 2.05) is 25.1 Å². The number of aromatic nitrogens is 2. The van der Waals surface area contributed by atoms with Crippen LogP contribution in [-0.2, 0) is 6.54 Å². The topological polar surface area (TPSA) is 101 Å². The number of rotatable bonds is 5. The van der Waals surface area contributed by atoms with E-state index in [0.717, 1.165) is 11.1 Å². The Hall–Kier alpha value is -2.48. The Kier molecular flexibility index (Phi) is 4.71. The van der Waals surface area contributed by atoms with Crippen molar-refractivity contribution in [1.29, 1.82) is 0 Å². The molecule has 0 saturated heterocycles. The molecule has 0 aliphatic rings. The van der Waals surface area contributed by atoms with Gasteiger partial charge >= 0.3 is 0 Å². The van der Waals surface area contributed by atoms with E-state index < -0.39 is 17.6 Å². The van der Waals surface area contributed by atoms with Crippen LogP contribution in [0.2, 0.25) is 5.02 Å². The number of benzene rings is 2. The van der Waals surface area contributed by atoms with Crippen molar-refractivity contribution in [2.45, 2.75) is 19.6 Å². The molecule has 3 rings (SSSR count). The second-order valence-electron chi connectivity index (χ2n) is 5.72. The van der Waals surface area contributed by atoms with Crippen molar-refractivity contribution in [2.75, 3.05) is 6.61 Å². The summed E-state index contributed by atoms with van der Waals surface area (Å²) in [6, 6.07) is 10.2. The normalized spacial score (nSPS) is 12.5. The average molecular weight is 362 g/mol. The zero-order chi connectivity index (χ0) is 18.1. The van der Waals surface area contributed by atoms with Gasteiger partial charge in [0.25, 0.3) is 5.69 Å². The Morgan fingerprint density at radius 2 is 2.04 bits per heavy atom. The third kappa shape index (κ3) is 3.09. The van der Waals surface area contributed by atoms with Crippen molar-refractivity contribution in [2.24, 2.45) is 0 Å². The van der Waals surface area contributed by atoms with Crippen molar-refractivity contribution in [1.82, 2.24) is 9.55 Å². The number of para-hydroxylation sites is 2. The number of aliphatic hydroxyl groups excluding tert-OH is 2. The van der Waals surface area contributed by atoms with Crippen LogP contribution in [-0.4, -0.2) is 37.4 Å². The highest BCUT2D eigenvalue weighted by molar-refractivity contribution is 6.33. The molecule has 0 spiro atoms. The number of aliphatic hydroxyl groups is 2. The molecule has 7 nitrogen and oxygen atoms in total. The molecule has 0 aliphatic heterocycles. The lowest BCUT2D eigenvalue weighted by molar-refractivity contribution is -0.384. The van der Waals surface area contributed by atoms with Gasteiger partial charge in [-0.3, -0.25) is 10.1 Å². The molecule has 8 heteroatoms. The maximum absolute atomic E-state index is 11.5. The van der Waals surface area contributed by atoms with Gasteiger partial charge < -0.3 is 14.8 Å². The quantitative estimate of drug-likeness (QED) is 0.537. The van der Waals surface area contributed by atoms with Crippen LogP contribution >= 0.6 is 11.6 Å². The number of nitrogens with zero attached hydrogens (tertiary/aromatic N) is 3. The van der Waals surface area contributed by atoms with Crippen molar-refractivity contribution in [3.8, 4) is 11.4 Å². The highest BCUT2D eigenvalue weighted by Crippen LogP contribution is 2.37. The van der Waals surface area contributed by atoms with Gasteiger partial charge in [-0.1, -0.05) is 29.8 Å². The van der Waals surface area contributed by atoms with Gasteiger partial charge in [0.2, 0.25) is 0 Å². The summed E-state index contributed by atoms with van der Waals surface area (Å²) < 4.78 is 1.67. The van der Waals surface area contributed by atoms with Crippen molar-refractivity contribution < 1.29 is 15.1 Å². The molecule has 3 aromatic rings. The maximum atomic E-state index is 11.5. The van der Waals surface area contributed by atoms with Crippen LogP contribution in [0.1, 0.15) is 5.56 Å². The first kappa shape index (κ1) is 17.3. The number of halogens is 1. The van der Waals surface area contributed by atoms with Crippen LogP contribution < -0.4 is 0 Å². The van der Waals surface area contributed by atoms with Gasteiger partial charge in [0.05, 0.1) is 40.8 Å². The van der Waals surface area contributed by atoms with Gasteiger partial charge in [-0.25, -0.2) is 4.98 Å². The average Bonchev–Trinajstić information content (AvgIpc) is 2.94. The van der Waals surface area contributed by atoms with E-state index >= 15 is 0 Å². The summed E-state index contributed by atoms with van der Waals surface area (Å²) in [5.74, 6) is 0.325. The first-order valence-electron chi connectivity index (χ1n) is 7.62. The molecule has 0 saturated carbocycles. The third-order valence-corrected chi connectivity index (χ3v) is 4.30. The number of hydrogen-bond acceptors (Lipinski definition) is 5. The second kappa shape index (κ2) is 6.79. The van der Waals surface area contributed by atoms with E-state index in [-0.39, 0.29) is 22.8 Å². The van der Waals surface area contributed by atoms with E-state index in [1.54, 1.807) is 16.7 Å². The van der Waals surface area contributed by atoms with Crippen LogP contribution in [0, 0.1) is 17.0 Å². The molecule has 0 amide bonds. The van der Waals surface area contributed by atoms with E-state index in [1.165, 1.54) is 6.07 Å². The van der Waals surface area contributed by atoms with E-state index in [9.17, 15) is 20.3 Å². The van der Waals surface area contributed by atoms with E-state index in [2.05, 4.69) is 4.98 Å². The Morgan fingerprint density at radius 3 is 2.72 bits per heavy atom. The molecular weight excluding hydrogens is 346 g/mol. The fourth-order valence-electron chi connectivity index (χ4n) is 2.83. The van der Waals surface area contributed by atoms with Crippen molar-refractivity contribution >= 4 is 28.3 Å². The molecule has 2 N–H and O–H groups in total. The summed E-state index contributed by atoms with van der Waals surface area (Å²) in [5, 5.41) is 30.6. The summed E-state index contributed by atoms with van der Waals surface area (Å²) in [7, 11) is 0. The summed E-state index contributed by atoms with van der Waals surface area (Å²) in [5.41, 5.74) is 2.32. The molecule has 130 valence electrons. The largest absolute Gasteiger partial charge is 0.394 e. The summed E-state index contributed by atoms with van der Waals surface area (Å²) in [6.45, 7) is 1.51. The fourth-order valence-corrected chi connectivity index (χ4v) is 3.07. The van der Waals surface area contributed by atoms with Crippen LogP contribution in [0.3, 0.4) is 0 Å². The Bertz CT molecular complexity index is 954. The fraction of sp³-hybridized carbons (Fsp3) is 0.235. The van der Waals surface area contributed by atoms with Crippen LogP contribution in [0.5, 0.6) is 0 Å². The lowest BCUT2D eigenvalue weighted by Crippen LogP contribution is -2.20. The number of fused-ring (bicyclic) bond motifs is 1. The predicted molar refractivity (Wildman–Crippen MR) is 94.7 cm³/mol. The second-order valence-corrected chi connectivity index (χ2v) is 6.13. The molecule has 0 bridgehead atoms. The smallest absolute Gasteiger partial charge is 0.298 e. The molecule has 1 aromatic heterocycles. The number of aryl methyl sites for hydroxylation is 1. The standard InChI is InChI=1S/C17H16ClN3O4/c1-10-4-2-7-14-15(10)19-17(20(14)8-11(23)9-22)12-5-3-6-13(18)16(12)21(24)25/h2-7,11,22-23H,8-9H2,1H3. The SMILES string of the molecule is Cc1cccc2c1nc(-c1cccc(Cl)c1[N+](=O)[O-])n2CC(O)CO. The first-order valence-corrected chi connectivity index (χ1v) is 8.00. The lowest BCUT2D eigenvalue weighted by Gasteiger charge is -2.13. The number of hydrogen-bond donors (Lipinski definition) is 2. The lowest BCUT2D eigenvalue weighted by atomic mass is 10.1. The maximum Gasteiger partial charge on any atom is 0.298 e. The number of nitro benzene ring substituents is 1. The molecule has 0 radical (unpaired) electrons. The Morgan fingerprint density at radius 1 is 1.32 bits per heavy atom. The highest BCUT2D eigenvalue weighted by Gasteiger charge is 2.25. The molecule has 0 aliphatic carbocycles. The molecular formula is C17H16ClN3O4. The Balaban J connectivity index is 2.33. The van der Waals surface area contributed by atoms with E-state index in [4.69, 9.17) is 11.6 Å². The van der Waals surface area contributed by atoms with E-state index in [0.29, 0.717) is 11.3 Å². The molecule has 1 unspecified atom stereocenters. The Labute approximate surface area is 148 Å². The van der Waals surface area contributed by atoms with Gasteiger partial charge in [0.15, 0.2) is 0 Å². The predicted octanol–water partition coefficient (Wildman–Crippen LogP) is 2.93. The monoisotopic (exact) mass is 361 g/mol. The minimum Gasteiger partial charge on any atom is -0.394 e.